The van der Waals surface area contributed by atoms with Gasteiger partial charge in [0.2, 0.25) is 47.1 Å². The van der Waals surface area contributed by atoms with Gasteiger partial charge in [0.05, 0.1) is 38.9 Å². The number of amides is 5. The molecule has 0 spiro atoms. The van der Waals surface area contributed by atoms with Gasteiger partial charge in [-0.15, -0.1) is 0 Å². The molecule has 2 atom stereocenters. The van der Waals surface area contributed by atoms with E-state index in [0.29, 0.717) is 132 Å². The molecule has 0 unspecified atom stereocenters. The third-order valence-electron chi connectivity index (χ3n) is 18.9. The summed E-state index contributed by atoms with van der Waals surface area (Å²) in [4.78, 5) is 100. The van der Waals surface area contributed by atoms with Crippen molar-refractivity contribution in [1.29, 1.82) is 0 Å². The number of nitrogens with one attached hydrogen (secondary N) is 7. The predicted molar refractivity (Wildman–Crippen MR) is 469 cm³/mol. The van der Waals surface area contributed by atoms with Crippen molar-refractivity contribution in [3.8, 4) is 46.5 Å². The van der Waals surface area contributed by atoms with Crippen LogP contribution in [0.5, 0.6) is 46.5 Å². The molecule has 2 fully saturated rings. The van der Waals surface area contributed by atoms with E-state index in [1.807, 2.05) is 27.7 Å². The second kappa shape index (κ2) is 47.0. The third kappa shape index (κ3) is 30.6. The average molecular weight is 1790 g/mol. The minimum Gasteiger partial charge on any atom is -0.444 e. The number of aliphatic hydroxyl groups excluding tert-OH is 1. The number of methoxy groups -OCH3 is 1. The first-order chi connectivity index (χ1) is 62.5. The van der Waals surface area contributed by atoms with Crippen LogP contribution in [0.1, 0.15) is 56.9 Å². The monoisotopic (exact) mass is 1790 g/mol. The number of piperazine rings is 2. The molecule has 0 aliphatic carbocycles. The summed E-state index contributed by atoms with van der Waals surface area (Å²) in [6, 6.07) is 46.0. The standard InChI is InChI=1S/C28H31F2N5O4.C23H23F2N5O2.C21H20F2N4O3.C20H18F2N4O3/c1-18-16-34(11-12-35(18)27(37)39-28(2,3)4)24-15-26(32-17-31-24)38-22-9-7-21(8-10-22)33-25(36)13-19-5-6-20(29)14-23(19)30;1-15-13-26-8-9-30(15)21-12-23(28-14-27-21)32-19-6-4-18(5-7-19)29-22(31)10-16-2-3-17(24)11-20(16)25;1-29-9-8-24-19-12-21(26-13-25-19)30-17-6-4-16(5-7-17)27-20(28)10-14-2-3-15(22)11-18(14)23;21-14-2-1-13(17(22)10-14)9-19(28)26-15-3-5-16(6-4-15)29-20-11-18(23-7-8-27)24-12-25-20/h5-10,14-15,17-18H,11-13,16H2,1-4H3,(H,33,36);2-7,11-12,14-15,26H,8-10,13H2,1H3,(H,29,31);2-7,11-13H,8-10H2,1H3,(H,27,28)(H,24,25,26);1-6,10-12,27H,7-9H2,(H,26,28)(H,23,24,25)/t18-;15-;;/m11../s1. The highest BCUT2D eigenvalue weighted by molar-refractivity contribution is 5.94. The van der Waals surface area contributed by atoms with E-state index in [0.717, 1.165) is 74.0 Å². The lowest BCUT2D eigenvalue weighted by atomic mass is 10.1. The van der Waals surface area contributed by atoms with Gasteiger partial charge in [0, 0.05) is 143 Å². The Morgan fingerprint density at radius 3 is 1.11 bits per heavy atom. The Morgan fingerprint density at radius 2 is 0.769 bits per heavy atom. The van der Waals surface area contributed by atoms with E-state index in [9.17, 15) is 59.1 Å². The maximum absolute atomic E-state index is 13.8. The van der Waals surface area contributed by atoms with Crippen LogP contribution in [0.3, 0.4) is 0 Å². The van der Waals surface area contributed by atoms with Crippen LogP contribution in [0.4, 0.5) is 85.9 Å². The van der Waals surface area contributed by atoms with Crippen LogP contribution in [0.15, 0.2) is 219 Å². The van der Waals surface area contributed by atoms with Crippen LogP contribution in [-0.4, -0.2) is 170 Å². The van der Waals surface area contributed by atoms with Crippen LogP contribution < -0.4 is 66.0 Å². The van der Waals surface area contributed by atoms with E-state index in [2.05, 4.69) is 93.8 Å². The molecule has 678 valence electrons. The Kier molecular flexibility index (Phi) is 34.5. The highest BCUT2D eigenvalue weighted by atomic mass is 19.2. The zero-order valence-electron chi connectivity index (χ0n) is 71.2. The average Bonchev–Trinajstić information content (AvgIpc) is 0.819. The zero-order valence-corrected chi connectivity index (χ0v) is 71.2. The highest BCUT2D eigenvalue weighted by Crippen LogP contribution is 2.31. The van der Waals surface area contributed by atoms with Crippen LogP contribution in [0, 0.1) is 46.5 Å². The Balaban J connectivity index is 0.000000169. The van der Waals surface area contributed by atoms with E-state index in [4.69, 9.17) is 33.5 Å². The lowest BCUT2D eigenvalue weighted by Crippen LogP contribution is -2.55. The molecule has 0 radical (unpaired) electrons. The molecule has 30 nitrogen and oxygen atoms in total. The van der Waals surface area contributed by atoms with Crippen LogP contribution in [0.25, 0.3) is 0 Å². The van der Waals surface area contributed by atoms with Gasteiger partial charge in [0.25, 0.3) is 0 Å². The van der Waals surface area contributed by atoms with Gasteiger partial charge in [-0.1, -0.05) is 24.3 Å². The molecular formula is C92H92F8N18O12. The Labute approximate surface area is 742 Å². The number of ether oxygens (including phenoxy) is 6. The molecule has 2 saturated heterocycles. The topological polar surface area (TPSA) is 358 Å². The second-order valence-electron chi connectivity index (χ2n) is 30.0. The number of halogens is 8. The van der Waals surface area contributed by atoms with E-state index in [-0.39, 0.29) is 66.7 Å². The van der Waals surface area contributed by atoms with E-state index in [1.165, 1.54) is 49.6 Å². The second-order valence-corrected chi connectivity index (χ2v) is 30.0. The molecule has 4 aromatic heterocycles. The van der Waals surface area contributed by atoms with Gasteiger partial charge in [-0.05, 0) is 178 Å². The number of anilines is 8. The first kappa shape index (κ1) is 95.6. The van der Waals surface area contributed by atoms with Crippen molar-refractivity contribution >= 4 is 75.7 Å². The van der Waals surface area contributed by atoms with Crippen LogP contribution >= 0.6 is 0 Å². The first-order valence-corrected chi connectivity index (χ1v) is 40.7. The SMILES string of the molecule is COCCNc1cc(Oc2ccc(NC(=O)Cc3ccc(F)cc3F)cc2)ncn1.C[C@@H]1CN(c2cc(Oc3ccc(NC(=O)Cc4ccc(F)cc4F)cc3)ncn2)CCN1C(=O)OC(C)(C)C.C[C@@H]1CNCCN1c1cc(Oc2ccc(NC(=O)Cc3ccc(F)cc3F)cc2)ncn1.O=C(Cc1ccc(F)cc1F)Nc1ccc(Oc2cc(NCCO)ncn2)cc1. The number of rotatable bonds is 29. The minimum atomic E-state index is -0.766. The molecule has 2 aliphatic rings. The summed E-state index contributed by atoms with van der Waals surface area (Å²) in [5.41, 5.74) is 1.94. The molecule has 12 aromatic rings. The molecule has 0 saturated carbocycles. The number of hydrogen-bond acceptors (Lipinski definition) is 25. The van der Waals surface area contributed by atoms with Crippen LogP contribution in [0.2, 0.25) is 0 Å². The molecule has 130 heavy (non-hydrogen) atoms. The smallest absolute Gasteiger partial charge is 0.410 e. The zero-order chi connectivity index (χ0) is 92.6. The van der Waals surface area contributed by atoms with Crippen molar-refractivity contribution in [3.05, 3.63) is 288 Å². The number of benzene rings is 8. The fraction of sp³-hybridized carbons (Fsp3) is 0.250. The Morgan fingerprint density at radius 1 is 0.423 bits per heavy atom. The first-order valence-electron chi connectivity index (χ1n) is 40.7. The number of carbonyl (C=O) groups is 5. The van der Waals surface area contributed by atoms with Gasteiger partial charge in [0.15, 0.2) is 0 Å². The lowest BCUT2D eigenvalue weighted by molar-refractivity contribution is -0.116. The van der Waals surface area contributed by atoms with Gasteiger partial charge >= 0.3 is 6.09 Å². The normalized spacial score (nSPS) is 13.4. The van der Waals surface area contributed by atoms with Crippen molar-refractivity contribution in [3.63, 3.8) is 0 Å². The fourth-order valence-corrected chi connectivity index (χ4v) is 12.6. The van der Waals surface area contributed by atoms with Crippen molar-refractivity contribution < 1.29 is 92.6 Å². The number of aromatic nitrogens is 8. The van der Waals surface area contributed by atoms with Gasteiger partial charge in [-0.25, -0.2) is 79.8 Å². The Hall–Kier alpha value is -15.1. The Bertz CT molecular complexity index is 5810. The van der Waals surface area contributed by atoms with E-state index in [1.54, 1.807) is 133 Å². The summed E-state index contributed by atoms with van der Waals surface area (Å²) >= 11 is 0. The van der Waals surface area contributed by atoms with E-state index < -0.39 is 75.8 Å². The molecule has 8 aromatic carbocycles. The van der Waals surface area contributed by atoms with Crippen molar-refractivity contribution in [2.75, 3.05) is 114 Å². The number of carbonyl (C=O) groups excluding carboxylic acids is 5. The van der Waals surface area contributed by atoms with E-state index >= 15 is 0 Å². The number of nitrogens with zero attached hydrogens (tertiary/aromatic N) is 11. The lowest BCUT2D eigenvalue weighted by Gasteiger charge is -2.40. The molecular weight excluding hydrogens is 1700 g/mol. The molecule has 0 bridgehead atoms. The van der Waals surface area contributed by atoms with Crippen molar-refractivity contribution in [2.45, 2.75) is 78.0 Å². The van der Waals surface area contributed by atoms with Gasteiger partial charge in [0.1, 0.15) is 124 Å². The summed E-state index contributed by atoms with van der Waals surface area (Å²) in [7, 11) is 1.61. The number of aliphatic hydroxyl groups is 1. The van der Waals surface area contributed by atoms with Crippen molar-refractivity contribution in [2.24, 2.45) is 0 Å². The minimum absolute atomic E-state index is 0.0266. The maximum atomic E-state index is 13.8. The quantitative estimate of drug-likeness (QED) is 0.0159. The van der Waals surface area contributed by atoms with Crippen molar-refractivity contribution in [1.82, 2.24) is 50.1 Å². The maximum Gasteiger partial charge on any atom is 0.410 e. The van der Waals surface area contributed by atoms with Gasteiger partial charge < -0.3 is 85.4 Å². The molecule has 5 amide bonds. The van der Waals surface area contributed by atoms with Gasteiger partial charge in [-0.2, -0.15) is 0 Å². The fourth-order valence-electron chi connectivity index (χ4n) is 12.6. The summed E-state index contributed by atoms with van der Waals surface area (Å²) in [5, 5.41) is 28.8. The molecule has 14 rings (SSSR count). The third-order valence-corrected chi connectivity index (χ3v) is 18.9. The summed E-state index contributed by atoms with van der Waals surface area (Å²) in [5.74, 6) is -1.42. The molecule has 8 N–H and O–H groups in total. The molecule has 38 heteroatoms. The highest BCUT2D eigenvalue weighted by Gasteiger charge is 2.32. The molecule has 2 aliphatic heterocycles. The summed E-state index contributed by atoms with van der Waals surface area (Å²) in [6.07, 6.45) is 4.44. The van der Waals surface area contributed by atoms with Crippen LogP contribution in [-0.2, 0) is 54.3 Å². The number of hydrogen-bond donors (Lipinski definition) is 8. The van der Waals surface area contributed by atoms with Gasteiger partial charge in [-0.3, -0.25) is 19.2 Å². The summed E-state index contributed by atoms with van der Waals surface area (Å²) in [6.45, 7) is 15.4. The predicted octanol–water partition coefficient (Wildman–Crippen LogP) is 15.6. The largest absolute Gasteiger partial charge is 0.444 e. The molecule has 6 heterocycles. The summed E-state index contributed by atoms with van der Waals surface area (Å²) < 4.78 is 140.